The summed E-state index contributed by atoms with van der Waals surface area (Å²) in [6.07, 6.45) is 7.72. The van der Waals surface area contributed by atoms with Gasteiger partial charge in [0.1, 0.15) is 5.56 Å². The SMILES string of the molecule is CN(CCc1ccc(Nc2ncc3c(=O)c(C(N)=O)cn(-c4ccc5c(c4)CCC5)c3n2)cc1)S(C)(=O)=O. The lowest BCUT2D eigenvalue weighted by molar-refractivity contribution is 0.0999. The fraction of sp³-hybridized carbons (Fsp3) is 0.259. The Balaban J connectivity index is 1.47. The van der Waals surface area contributed by atoms with Crippen molar-refractivity contribution in [3.63, 3.8) is 0 Å². The second kappa shape index (κ2) is 9.99. The Morgan fingerprint density at radius 1 is 1.13 bits per heavy atom. The standard InChI is InChI=1S/C27H28N6O4S/c1-32(38(2,36)37)13-12-17-6-9-20(10-7-17)30-27-29-15-22-24(34)23(25(28)35)16-33(26(22)31-27)21-11-8-18-4-3-5-19(18)14-21/h6-11,14-16H,3-5,12-13H2,1-2H3,(H2,28,35)(H,29,30,31). The maximum absolute atomic E-state index is 13.0. The number of hydrogen-bond donors (Lipinski definition) is 2. The molecule has 1 amide bonds. The maximum Gasteiger partial charge on any atom is 0.254 e. The van der Waals surface area contributed by atoms with Crippen LogP contribution in [0.2, 0.25) is 0 Å². The molecule has 0 saturated heterocycles. The Labute approximate surface area is 220 Å². The average Bonchev–Trinajstić information content (AvgIpc) is 3.35. The number of aromatic nitrogens is 3. The van der Waals surface area contributed by atoms with Crippen LogP contribution < -0.4 is 16.5 Å². The van der Waals surface area contributed by atoms with E-state index >= 15 is 0 Å². The van der Waals surface area contributed by atoms with Gasteiger partial charge in [0.05, 0.1) is 11.6 Å². The van der Waals surface area contributed by atoms with Gasteiger partial charge in [0.2, 0.25) is 21.4 Å². The number of carbonyl (C=O) groups is 1. The number of fused-ring (bicyclic) bond motifs is 2. The summed E-state index contributed by atoms with van der Waals surface area (Å²) in [5, 5.41) is 3.35. The number of benzene rings is 2. The predicted octanol–water partition coefficient (Wildman–Crippen LogP) is 2.55. The second-order valence-electron chi connectivity index (χ2n) is 9.50. The molecule has 0 unspecified atom stereocenters. The molecule has 4 aromatic rings. The topological polar surface area (TPSA) is 140 Å². The number of sulfonamides is 1. The van der Waals surface area contributed by atoms with Crippen molar-refractivity contribution in [1.82, 2.24) is 18.8 Å². The van der Waals surface area contributed by atoms with Crippen molar-refractivity contribution >= 4 is 38.6 Å². The van der Waals surface area contributed by atoms with Crippen LogP contribution in [0.3, 0.4) is 0 Å². The molecule has 0 spiro atoms. The molecule has 0 saturated carbocycles. The van der Waals surface area contributed by atoms with E-state index in [9.17, 15) is 18.0 Å². The van der Waals surface area contributed by atoms with Crippen LogP contribution in [0.5, 0.6) is 0 Å². The van der Waals surface area contributed by atoms with Crippen molar-refractivity contribution in [2.75, 3.05) is 25.2 Å². The lowest BCUT2D eigenvalue weighted by Gasteiger charge is -2.15. The monoisotopic (exact) mass is 532 g/mol. The first-order valence-electron chi connectivity index (χ1n) is 12.2. The summed E-state index contributed by atoms with van der Waals surface area (Å²) in [6, 6.07) is 13.6. The summed E-state index contributed by atoms with van der Waals surface area (Å²) >= 11 is 0. The zero-order chi connectivity index (χ0) is 27.0. The minimum atomic E-state index is -3.22. The van der Waals surface area contributed by atoms with Gasteiger partial charge in [-0.3, -0.25) is 9.59 Å². The highest BCUT2D eigenvalue weighted by molar-refractivity contribution is 7.88. The number of nitrogens with one attached hydrogen (secondary N) is 1. The first-order chi connectivity index (χ1) is 18.1. The fourth-order valence-electron chi connectivity index (χ4n) is 4.59. The van der Waals surface area contributed by atoms with E-state index in [4.69, 9.17) is 5.73 Å². The maximum atomic E-state index is 13.0. The number of hydrogen-bond acceptors (Lipinski definition) is 7. The van der Waals surface area contributed by atoms with E-state index in [1.165, 1.54) is 34.1 Å². The quantitative estimate of drug-likeness (QED) is 0.355. The van der Waals surface area contributed by atoms with E-state index in [1.807, 2.05) is 30.3 Å². The predicted molar refractivity (Wildman–Crippen MR) is 147 cm³/mol. The number of rotatable bonds is 8. The molecule has 11 heteroatoms. The Morgan fingerprint density at radius 2 is 1.87 bits per heavy atom. The number of nitrogens with zero attached hydrogens (tertiary/aromatic N) is 4. The van der Waals surface area contributed by atoms with Crippen molar-refractivity contribution in [1.29, 1.82) is 0 Å². The molecule has 2 aromatic heterocycles. The normalized spacial score (nSPS) is 13.1. The smallest absolute Gasteiger partial charge is 0.254 e. The number of carbonyl (C=O) groups excluding carboxylic acids is 1. The molecule has 196 valence electrons. The molecule has 2 aromatic carbocycles. The molecule has 0 bridgehead atoms. The molecular weight excluding hydrogens is 504 g/mol. The summed E-state index contributed by atoms with van der Waals surface area (Å²) in [7, 11) is -1.67. The van der Waals surface area contributed by atoms with E-state index in [2.05, 4.69) is 27.4 Å². The summed E-state index contributed by atoms with van der Waals surface area (Å²) in [5.41, 5.74) is 10.3. The Morgan fingerprint density at radius 3 is 2.58 bits per heavy atom. The fourth-order valence-corrected chi connectivity index (χ4v) is 5.01. The first kappa shape index (κ1) is 25.6. The third kappa shape index (κ3) is 5.15. The molecule has 3 N–H and O–H groups in total. The van der Waals surface area contributed by atoms with Gasteiger partial charge < -0.3 is 15.6 Å². The number of amides is 1. The minimum absolute atomic E-state index is 0.126. The highest BCUT2D eigenvalue weighted by Gasteiger charge is 2.18. The van der Waals surface area contributed by atoms with E-state index in [1.54, 1.807) is 11.6 Å². The highest BCUT2D eigenvalue weighted by Crippen LogP contribution is 2.26. The van der Waals surface area contributed by atoms with Gasteiger partial charge in [-0.25, -0.2) is 17.7 Å². The van der Waals surface area contributed by atoms with Crippen molar-refractivity contribution < 1.29 is 13.2 Å². The first-order valence-corrected chi connectivity index (χ1v) is 14.1. The van der Waals surface area contributed by atoms with E-state index in [0.717, 1.165) is 36.2 Å². The van der Waals surface area contributed by atoms with Gasteiger partial charge in [0.15, 0.2) is 5.65 Å². The number of pyridine rings is 1. The van der Waals surface area contributed by atoms with E-state index in [0.29, 0.717) is 18.6 Å². The number of aryl methyl sites for hydroxylation is 2. The van der Waals surface area contributed by atoms with Crippen LogP contribution in [0, 0.1) is 0 Å². The number of primary amides is 1. The van der Waals surface area contributed by atoms with Crippen molar-refractivity contribution in [3.05, 3.63) is 87.3 Å². The van der Waals surface area contributed by atoms with Gasteiger partial charge >= 0.3 is 0 Å². The van der Waals surface area contributed by atoms with Gasteiger partial charge in [-0.2, -0.15) is 4.98 Å². The molecule has 38 heavy (non-hydrogen) atoms. The third-order valence-corrected chi connectivity index (χ3v) is 8.18. The third-order valence-electron chi connectivity index (χ3n) is 6.86. The van der Waals surface area contributed by atoms with Crippen LogP contribution in [0.25, 0.3) is 16.7 Å². The van der Waals surface area contributed by atoms with Gasteiger partial charge in [0.25, 0.3) is 5.91 Å². The van der Waals surface area contributed by atoms with Crippen LogP contribution in [0.1, 0.15) is 33.5 Å². The number of likely N-dealkylation sites (N-methyl/N-ethyl adjacent to an activating group) is 1. The van der Waals surface area contributed by atoms with Gasteiger partial charge in [-0.1, -0.05) is 18.2 Å². The van der Waals surface area contributed by atoms with Crippen molar-refractivity contribution in [3.8, 4) is 5.69 Å². The molecular formula is C27H28N6O4S. The molecule has 0 radical (unpaired) electrons. The van der Waals surface area contributed by atoms with Crippen molar-refractivity contribution in [2.45, 2.75) is 25.7 Å². The van der Waals surface area contributed by atoms with Gasteiger partial charge in [-0.15, -0.1) is 0 Å². The molecule has 2 heterocycles. The second-order valence-corrected chi connectivity index (χ2v) is 11.6. The molecule has 0 aliphatic heterocycles. The van der Waals surface area contributed by atoms with Crippen LogP contribution in [0.15, 0.2) is 59.7 Å². The number of nitrogens with two attached hydrogens (primary N) is 1. The average molecular weight is 533 g/mol. The molecule has 5 rings (SSSR count). The van der Waals surface area contributed by atoms with Gasteiger partial charge in [-0.05, 0) is 66.6 Å². The Hall–Kier alpha value is -4.09. The number of anilines is 2. The van der Waals surface area contributed by atoms with Crippen LogP contribution in [-0.2, 0) is 29.3 Å². The van der Waals surface area contributed by atoms with E-state index < -0.39 is 21.4 Å². The van der Waals surface area contributed by atoms with Crippen LogP contribution in [0.4, 0.5) is 11.6 Å². The molecule has 1 aliphatic rings. The minimum Gasteiger partial charge on any atom is -0.365 e. The Kier molecular flexibility index (Phi) is 6.72. The summed E-state index contributed by atoms with van der Waals surface area (Å²) in [4.78, 5) is 33.9. The molecule has 10 nitrogen and oxygen atoms in total. The molecule has 0 fully saturated rings. The summed E-state index contributed by atoms with van der Waals surface area (Å²) in [5.74, 6) is -0.528. The van der Waals surface area contributed by atoms with Gasteiger partial charge in [0, 0.05) is 37.4 Å². The Bertz CT molecular complexity index is 1710. The highest BCUT2D eigenvalue weighted by atomic mass is 32.2. The van der Waals surface area contributed by atoms with Crippen LogP contribution >= 0.6 is 0 Å². The van der Waals surface area contributed by atoms with Crippen molar-refractivity contribution in [2.24, 2.45) is 5.73 Å². The van der Waals surface area contributed by atoms with E-state index in [-0.39, 0.29) is 16.9 Å². The lowest BCUT2D eigenvalue weighted by atomic mass is 10.1. The van der Waals surface area contributed by atoms with Crippen LogP contribution in [-0.4, -0.2) is 53.0 Å². The molecule has 0 atom stereocenters. The summed E-state index contributed by atoms with van der Waals surface area (Å²) < 4.78 is 26.2. The zero-order valence-corrected chi connectivity index (χ0v) is 22.0. The largest absolute Gasteiger partial charge is 0.365 e. The summed E-state index contributed by atoms with van der Waals surface area (Å²) in [6.45, 7) is 0.382. The molecule has 1 aliphatic carbocycles. The lowest BCUT2D eigenvalue weighted by Crippen LogP contribution is -2.27. The zero-order valence-electron chi connectivity index (χ0n) is 21.1.